The number of ether oxygens (including phenoxy) is 2. The predicted octanol–water partition coefficient (Wildman–Crippen LogP) is 1.55. The van der Waals surface area contributed by atoms with Crippen LogP contribution in [0, 0.1) is 5.82 Å². The zero-order valence-corrected chi connectivity index (χ0v) is 12.0. The fourth-order valence-corrected chi connectivity index (χ4v) is 2.34. The topological polar surface area (TPSA) is 59.8 Å². The van der Waals surface area contributed by atoms with Gasteiger partial charge in [-0.3, -0.25) is 4.90 Å². The molecule has 0 aromatic heterocycles. The summed E-state index contributed by atoms with van der Waals surface area (Å²) in [5.74, 6) is 0.115. The van der Waals surface area contributed by atoms with Crippen LogP contribution in [-0.2, 0) is 4.74 Å². The number of halogens is 1. The van der Waals surface area contributed by atoms with Gasteiger partial charge in [0.2, 0.25) is 0 Å². The van der Waals surface area contributed by atoms with Gasteiger partial charge in [0, 0.05) is 37.8 Å². The number of benzene rings is 1. The molecule has 0 amide bonds. The average molecular weight is 283 g/mol. The molecule has 1 atom stereocenters. The highest BCUT2D eigenvalue weighted by Crippen LogP contribution is 2.28. The number of anilines is 2. The number of hydrogen-bond acceptors (Lipinski definition) is 5. The van der Waals surface area contributed by atoms with Gasteiger partial charge in [-0.15, -0.1) is 0 Å². The molecule has 1 aliphatic rings. The van der Waals surface area contributed by atoms with Gasteiger partial charge in [0.05, 0.1) is 31.7 Å². The van der Waals surface area contributed by atoms with Crippen molar-refractivity contribution in [1.29, 1.82) is 0 Å². The molecule has 0 spiro atoms. The van der Waals surface area contributed by atoms with Crippen LogP contribution in [-0.4, -0.2) is 50.9 Å². The summed E-state index contributed by atoms with van der Waals surface area (Å²) in [6.45, 7) is 6.22. The SMILES string of the molecule is COc1cc(NC(C)CN2CCOCC2)c(F)cc1N. The molecule has 1 saturated heterocycles. The summed E-state index contributed by atoms with van der Waals surface area (Å²) < 4.78 is 24.3. The quantitative estimate of drug-likeness (QED) is 0.803. The van der Waals surface area contributed by atoms with E-state index in [1.807, 2.05) is 6.92 Å². The molecule has 1 fully saturated rings. The molecular weight excluding hydrogens is 261 g/mol. The molecule has 0 bridgehead atoms. The van der Waals surface area contributed by atoms with E-state index in [4.69, 9.17) is 15.2 Å². The molecule has 1 heterocycles. The van der Waals surface area contributed by atoms with Crippen LogP contribution in [0.4, 0.5) is 15.8 Å². The highest BCUT2D eigenvalue weighted by molar-refractivity contribution is 5.62. The van der Waals surface area contributed by atoms with Crippen molar-refractivity contribution in [2.24, 2.45) is 0 Å². The third-order valence-electron chi connectivity index (χ3n) is 3.36. The van der Waals surface area contributed by atoms with Crippen LogP contribution in [0.15, 0.2) is 12.1 Å². The van der Waals surface area contributed by atoms with Gasteiger partial charge >= 0.3 is 0 Å². The standard InChI is InChI=1S/C14H22FN3O2/c1-10(9-18-3-5-20-6-4-18)17-13-8-14(19-2)12(16)7-11(13)15/h7-8,10,17H,3-6,9,16H2,1-2H3. The lowest BCUT2D eigenvalue weighted by Gasteiger charge is -2.29. The van der Waals surface area contributed by atoms with Crippen molar-refractivity contribution >= 4 is 11.4 Å². The molecule has 0 saturated carbocycles. The number of methoxy groups -OCH3 is 1. The maximum absolute atomic E-state index is 13.9. The Labute approximate surface area is 118 Å². The minimum Gasteiger partial charge on any atom is -0.495 e. The summed E-state index contributed by atoms with van der Waals surface area (Å²) in [6, 6.07) is 3.00. The molecule has 3 N–H and O–H groups in total. The largest absolute Gasteiger partial charge is 0.495 e. The number of nitrogens with two attached hydrogens (primary N) is 1. The van der Waals surface area contributed by atoms with E-state index < -0.39 is 0 Å². The molecule has 5 nitrogen and oxygen atoms in total. The van der Waals surface area contributed by atoms with Crippen molar-refractivity contribution < 1.29 is 13.9 Å². The Hall–Kier alpha value is -1.53. The average Bonchev–Trinajstić information content (AvgIpc) is 2.43. The van der Waals surface area contributed by atoms with Crippen LogP contribution in [0.5, 0.6) is 5.75 Å². The Kier molecular flexibility index (Phi) is 5.03. The second kappa shape index (κ2) is 6.76. The molecule has 1 aromatic carbocycles. The Bertz CT molecular complexity index is 450. The Morgan fingerprint density at radius 3 is 2.80 bits per heavy atom. The van der Waals surface area contributed by atoms with Crippen LogP contribution in [0.3, 0.4) is 0 Å². The first kappa shape index (κ1) is 14.9. The summed E-state index contributed by atoms with van der Waals surface area (Å²) in [4.78, 5) is 2.30. The highest BCUT2D eigenvalue weighted by atomic mass is 19.1. The summed E-state index contributed by atoms with van der Waals surface area (Å²) in [7, 11) is 1.52. The van der Waals surface area contributed by atoms with Crippen molar-refractivity contribution in [3.05, 3.63) is 17.9 Å². The van der Waals surface area contributed by atoms with E-state index in [1.54, 1.807) is 6.07 Å². The first-order valence-corrected chi connectivity index (χ1v) is 6.80. The Morgan fingerprint density at radius 1 is 1.45 bits per heavy atom. The van der Waals surface area contributed by atoms with Crippen LogP contribution in [0.25, 0.3) is 0 Å². The number of nitrogens with zero attached hydrogens (tertiary/aromatic N) is 1. The number of hydrogen-bond donors (Lipinski definition) is 2. The minimum absolute atomic E-state index is 0.121. The number of nitrogens with one attached hydrogen (secondary N) is 1. The van der Waals surface area contributed by atoms with Gasteiger partial charge in [0.15, 0.2) is 0 Å². The summed E-state index contributed by atoms with van der Waals surface area (Å²) in [6.07, 6.45) is 0. The van der Waals surface area contributed by atoms with Gasteiger partial charge in [0.1, 0.15) is 11.6 Å². The van der Waals surface area contributed by atoms with Crippen molar-refractivity contribution in [2.75, 3.05) is 51.0 Å². The molecular formula is C14H22FN3O2. The lowest BCUT2D eigenvalue weighted by molar-refractivity contribution is 0.0368. The third-order valence-corrected chi connectivity index (χ3v) is 3.36. The summed E-state index contributed by atoms with van der Waals surface area (Å²) >= 11 is 0. The van der Waals surface area contributed by atoms with Gasteiger partial charge in [0.25, 0.3) is 0 Å². The fourth-order valence-electron chi connectivity index (χ4n) is 2.34. The van der Waals surface area contributed by atoms with Gasteiger partial charge < -0.3 is 20.5 Å². The molecule has 112 valence electrons. The second-order valence-electron chi connectivity index (χ2n) is 5.03. The monoisotopic (exact) mass is 283 g/mol. The smallest absolute Gasteiger partial charge is 0.148 e. The van der Waals surface area contributed by atoms with Crippen LogP contribution >= 0.6 is 0 Å². The van der Waals surface area contributed by atoms with Crippen molar-refractivity contribution in [3.8, 4) is 5.75 Å². The van der Waals surface area contributed by atoms with E-state index in [1.165, 1.54) is 13.2 Å². The van der Waals surface area contributed by atoms with Crippen molar-refractivity contribution in [3.63, 3.8) is 0 Å². The van der Waals surface area contributed by atoms with Gasteiger partial charge in [-0.05, 0) is 6.92 Å². The van der Waals surface area contributed by atoms with E-state index in [9.17, 15) is 4.39 Å². The molecule has 1 aromatic rings. The van der Waals surface area contributed by atoms with E-state index in [0.717, 1.165) is 32.8 Å². The second-order valence-corrected chi connectivity index (χ2v) is 5.03. The number of rotatable bonds is 5. The van der Waals surface area contributed by atoms with Gasteiger partial charge in [-0.1, -0.05) is 0 Å². The highest BCUT2D eigenvalue weighted by Gasteiger charge is 2.15. The Balaban J connectivity index is 1.97. The van der Waals surface area contributed by atoms with Gasteiger partial charge in [-0.2, -0.15) is 0 Å². The fraction of sp³-hybridized carbons (Fsp3) is 0.571. The third kappa shape index (κ3) is 3.74. The minimum atomic E-state index is -0.364. The molecule has 1 unspecified atom stereocenters. The molecule has 6 heteroatoms. The molecule has 0 radical (unpaired) electrons. The number of morpholine rings is 1. The maximum atomic E-state index is 13.9. The summed E-state index contributed by atoms with van der Waals surface area (Å²) in [5.41, 5.74) is 6.38. The molecule has 0 aliphatic carbocycles. The van der Waals surface area contributed by atoms with Crippen LogP contribution in [0.1, 0.15) is 6.92 Å². The normalized spacial score (nSPS) is 17.8. The number of nitrogen functional groups attached to an aromatic ring is 1. The zero-order valence-electron chi connectivity index (χ0n) is 12.0. The van der Waals surface area contributed by atoms with Crippen molar-refractivity contribution in [1.82, 2.24) is 4.90 Å². The lowest BCUT2D eigenvalue weighted by Crippen LogP contribution is -2.42. The first-order valence-electron chi connectivity index (χ1n) is 6.80. The van der Waals surface area contributed by atoms with Crippen molar-refractivity contribution in [2.45, 2.75) is 13.0 Å². The van der Waals surface area contributed by atoms with E-state index >= 15 is 0 Å². The lowest BCUT2D eigenvalue weighted by atomic mass is 10.2. The van der Waals surface area contributed by atoms with E-state index in [-0.39, 0.29) is 11.9 Å². The van der Waals surface area contributed by atoms with Crippen LogP contribution < -0.4 is 15.8 Å². The molecule has 1 aliphatic heterocycles. The van der Waals surface area contributed by atoms with E-state index in [0.29, 0.717) is 17.1 Å². The predicted molar refractivity (Wildman–Crippen MR) is 77.7 cm³/mol. The maximum Gasteiger partial charge on any atom is 0.148 e. The molecule has 2 rings (SSSR count). The van der Waals surface area contributed by atoms with Crippen LogP contribution in [0.2, 0.25) is 0 Å². The summed E-state index contributed by atoms with van der Waals surface area (Å²) in [5, 5.41) is 3.17. The van der Waals surface area contributed by atoms with E-state index in [2.05, 4.69) is 10.2 Å². The zero-order chi connectivity index (χ0) is 14.5. The Morgan fingerprint density at radius 2 is 2.15 bits per heavy atom. The van der Waals surface area contributed by atoms with Gasteiger partial charge in [-0.25, -0.2) is 4.39 Å². The molecule has 20 heavy (non-hydrogen) atoms. The first-order chi connectivity index (χ1) is 9.60.